The van der Waals surface area contributed by atoms with Gasteiger partial charge < -0.3 is 9.84 Å². The first-order valence-corrected chi connectivity index (χ1v) is 10.4. The van der Waals surface area contributed by atoms with Crippen molar-refractivity contribution in [3.05, 3.63) is 29.3 Å². The number of likely N-dealkylation sites (N-methyl/N-ethyl adjacent to an activating group) is 1. The second kappa shape index (κ2) is 8.76. The van der Waals surface area contributed by atoms with Crippen LogP contribution in [-0.2, 0) is 19.6 Å². The molecule has 1 unspecified atom stereocenters. The summed E-state index contributed by atoms with van der Waals surface area (Å²) in [5.41, 5.74) is -0.0251. The Hall–Kier alpha value is -1.40. The molecule has 1 aromatic rings. The Morgan fingerprint density at radius 3 is 2.28 bits per heavy atom. The molecular weight excluding hydrogens is 437 g/mol. The zero-order chi connectivity index (χ0) is 22.0. The molecule has 12 heteroatoms. The number of hydrogen-bond donors (Lipinski definition) is 1. The van der Waals surface area contributed by atoms with Crippen molar-refractivity contribution in [1.82, 2.24) is 9.21 Å². The third-order valence-electron chi connectivity index (χ3n) is 5.05. The molecule has 1 aromatic carbocycles. The Balaban J connectivity index is 0.000000370. The molecule has 7 nitrogen and oxygen atoms in total. The topological polar surface area (TPSA) is 87.2 Å². The lowest BCUT2D eigenvalue weighted by molar-refractivity contribution is -0.192. The van der Waals surface area contributed by atoms with Gasteiger partial charge in [-0.15, -0.1) is 0 Å². The van der Waals surface area contributed by atoms with E-state index in [1.807, 2.05) is 0 Å². The zero-order valence-corrected chi connectivity index (χ0v) is 17.4. The van der Waals surface area contributed by atoms with Crippen molar-refractivity contribution >= 4 is 27.6 Å². The van der Waals surface area contributed by atoms with E-state index in [0.717, 1.165) is 19.6 Å². The minimum absolute atomic E-state index is 0.0251. The van der Waals surface area contributed by atoms with Gasteiger partial charge in [0.2, 0.25) is 10.0 Å². The molecule has 164 valence electrons. The van der Waals surface area contributed by atoms with Gasteiger partial charge >= 0.3 is 12.1 Å². The number of carbonyl (C=O) groups is 1. The number of likely N-dealkylation sites (tertiary alicyclic amines) is 1. The summed E-state index contributed by atoms with van der Waals surface area (Å²) in [6.45, 7) is 2.79. The van der Waals surface area contributed by atoms with Crippen molar-refractivity contribution in [3.63, 3.8) is 0 Å². The Labute approximate surface area is 172 Å². The van der Waals surface area contributed by atoms with Crippen LogP contribution in [0.5, 0.6) is 0 Å². The van der Waals surface area contributed by atoms with Crippen molar-refractivity contribution in [2.45, 2.75) is 23.0 Å². The number of aliphatic carboxylic acids is 1. The van der Waals surface area contributed by atoms with Gasteiger partial charge in [-0.3, -0.25) is 4.90 Å². The van der Waals surface area contributed by atoms with Gasteiger partial charge in [0.1, 0.15) is 0 Å². The van der Waals surface area contributed by atoms with Crippen molar-refractivity contribution in [2.75, 3.05) is 40.4 Å². The molecule has 0 aliphatic carbocycles. The number of methoxy groups -OCH3 is 1. The average molecular weight is 459 g/mol. The maximum absolute atomic E-state index is 12.6. The van der Waals surface area contributed by atoms with E-state index in [-0.39, 0.29) is 5.54 Å². The van der Waals surface area contributed by atoms with Crippen LogP contribution in [0.15, 0.2) is 29.2 Å². The van der Waals surface area contributed by atoms with Crippen molar-refractivity contribution in [2.24, 2.45) is 5.92 Å². The fourth-order valence-electron chi connectivity index (χ4n) is 3.59. The van der Waals surface area contributed by atoms with E-state index in [4.69, 9.17) is 26.2 Å². The molecular formula is C17H22ClF3N2O5S. The quantitative estimate of drug-likeness (QED) is 0.745. The number of alkyl halides is 3. The highest BCUT2D eigenvalue weighted by atomic mass is 35.5. The molecule has 2 fully saturated rings. The number of rotatable bonds is 4. The molecule has 1 atom stereocenters. The summed E-state index contributed by atoms with van der Waals surface area (Å²) < 4.78 is 63.8. The molecule has 2 aliphatic rings. The van der Waals surface area contributed by atoms with Gasteiger partial charge in [0.15, 0.2) is 0 Å². The van der Waals surface area contributed by atoms with Gasteiger partial charge in [-0.1, -0.05) is 11.6 Å². The van der Waals surface area contributed by atoms with Crippen LogP contribution in [0.25, 0.3) is 0 Å². The molecule has 0 saturated carbocycles. The molecule has 2 saturated heterocycles. The summed E-state index contributed by atoms with van der Waals surface area (Å²) in [6.07, 6.45) is -4.09. The lowest BCUT2D eigenvalue weighted by Crippen LogP contribution is -2.67. The van der Waals surface area contributed by atoms with E-state index in [1.165, 1.54) is 0 Å². The third-order valence-corrected chi connectivity index (χ3v) is 7.11. The number of nitrogens with zero attached hydrogens (tertiary/aromatic N) is 2. The number of hydrogen-bond acceptors (Lipinski definition) is 5. The van der Waals surface area contributed by atoms with Gasteiger partial charge in [0, 0.05) is 37.3 Å². The lowest BCUT2D eigenvalue weighted by atomic mass is 9.87. The summed E-state index contributed by atoms with van der Waals surface area (Å²) >= 11 is 5.83. The standard InChI is InChI=1S/C15H21ClN2O3S.C2HF3O2/c1-17-8-12(9-21-2)7-15(17)10-18(11-15)22(19,20)14-5-3-13(16)4-6-14;3-2(4,5)1(6)7/h3-6,12H,7-11H2,1-2H3;(H,6,7). The van der Waals surface area contributed by atoms with Crippen LogP contribution in [0, 0.1) is 5.92 Å². The van der Waals surface area contributed by atoms with E-state index in [0.29, 0.717) is 28.9 Å². The fourth-order valence-corrected chi connectivity index (χ4v) is 5.32. The molecule has 0 aromatic heterocycles. The molecule has 3 rings (SSSR count). The zero-order valence-electron chi connectivity index (χ0n) is 15.8. The summed E-state index contributed by atoms with van der Waals surface area (Å²) in [5.74, 6) is -2.28. The van der Waals surface area contributed by atoms with Crippen LogP contribution in [0.2, 0.25) is 5.02 Å². The predicted octanol–water partition coefficient (Wildman–Crippen LogP) is 2.31. The number of sulfonamides is 1. The van der Waals surface area contributed by atoms with E-state index in [9.17, 15) is 21.6 Å². The van der Waals surface area contributed by atoms with E-state index in [2.05, 4.69) is 11.9 Å². The van der Waals surface area contributed by atoms with Crippen molar-refractivity contribution in [3.8, 4) is 0 Å². The minimum Gasteiger partial charge on any atom is -0.475 e. The highest BCUT2D eigenvalue weighted by molar-refractivity contribution is 7.89. The number of halogens is 4. The predicted molar refractivity (Wildman–Crippen MR) is 99.2 cm³/mol. The molecule has 0 amide bonds. The molecule has 29 heavy (non-hydrogen) atoms. The summed E-state index contributed by atoms with van der Waals surface area (Å²) in [7, 11) is 0.364. The normalized spacial score (nSPS) is 22.1. The maximum Gasteiger partial charge on any atom is 0.490 e. The fraction of sp³-hybridized carbons (Fsp3) is 0.588. The Morgan fingerprint density at radius 1 is 1.31 bits per heavy atom. The largest absolute Gasteiger partial charge is 0.490 e. The van der Waals surface area contributed by atoms with Crippen LogP contribution in [0.3, 0.4) is 0 Å². The van der Waals surface area contributed by atoms with Gasteiger partial charge in [-0.25, -0.2) is 13.2 Å². The molecule has 2 aliphatic heterocycles. The second-order valence-corrected chi connectivity index (χ2v) is 9.53. The maximum atomic E-state index is 12.6. The molecule has 2 heterocycles. The van der Waals surface area contributed by atoms with Crippen LogP contribution in [-0.4, -0.2) is 80.8 Å². The summed E-state index contributed by atoms with van der Waals surface area (Å²) in [4.78, 5) is 11.5. The molecule has 0 bridgehead atoms. The van der Waals surface area contributed by atoms with E-state index >= 15 is 0 Å². The number of benzene rings is 1. The van der Waals surface area contributed by atoms with Gasteiger partial charge in [0.05, 0.1) is 11.5 Å². The molecule has 0 radical (unpaired) electrons. The average Bonchev–Trinajstić information content (AvgIpc) is 2.90. The van der Waals surface area contributed by atoms with Gasteiger partial charge in [0.25, 0.3) is 0 Å². The Kier molecular flexibility index (Phi) is 7.21. The third kappa shape index (κ3) is 5.40. The van der Waals surface area contributed by atoms with Crippen LogP contribution >= 0.6 is 11.6 Å². The van der Waals surface area contributed by atoms with Gasteiger partial charge in [-0.05, 0) is 43.7 Å². The number of ether oxygens (including phenoxy) is 1. The van der Waals surface area contributed by atoms with Crippen molar-refractivity contribution in [1.29, 1.82) is 0 Å². The second-order valence-electron chi connectivity index (χ2n) is 7.16. The van der Waals surface area contributed by atoms with Crippen LogP contribution in [0.4, 0.5) is 13.2 Å². The van der Waals surface area contributed by atoms with Crippen molar-refractivity contribution < 1.29 is 36.2 Å². The first-order chi connectivity index (χ1) is 13.3. The monoisotopic (exact) mass is 458 g/mol. The molecule has 1 N–H and O–H groups in total. The highest BCUT2D eigenvalue weighted by Crippen LogP contribution is 2.41. The SMILES string of the molecule is COCC1CN(C)C2(C1)CN(S(=O)(=O)c1ccc(Cl)cc1)C2.O=C(O)C(F)(F)F. The van der Waals surface area contributed by atoms with Crippen LogP contribution in [0.1, 0.15) is 6.42 Å². The number of carboxylic acid groups (broad SMARTS) is 1. The van der Waals surface area contributed by atoms with E-state index in [1.54, 1.807) is 35.7 Å². The highest BCUT2D eigenvalue weighted by Gasteiger charge is 2.55. The van der Waals surface area contributed by atoms with Gasteiger partial charge in [-0.2, -0.15) is 17.5 Å². The first-order valence-electron chi connectivity index (χ1n) is 8.58. The Morgan fingerprint density at radius 2 is 1.83 bits per heavy atom. The minimum atomic E-state index is -5.08. The first kappa shape index (κ1) is 23.9. The number of carboxylic acids is 1. The summed E-state index contributed by atoms with van der Waals surface area (Å²) in [5, 5.41) is 7.66. The smallest absolute Gasteiger partial charge is 0.475 e. The van der Waals surface area contributed by atoms with E-state index < -0.39 is 22.2 Å². The van der Waals surface area contributed by atoms with Crippen LogP contribution < -0.4 is 0 Å². The molecule has 1 spiro atoms. The summed E-state index contributed by atoms with van der Waals surface area (Å²) in [6, 6.07) is 6.35. The Bertz CT molecular complexity index is 826. The lowest BCUT2D eigenvalue weighted by Gasteiger charge is -2.50.